The molecule has 0 aliphatic heterocycles. The topological polar surface area (TPSA) is 14.3 Å². The number of hydrogen-bond acceptors (Lipinski definition) is 0. The molecule has 236 valence electrons. The fourth-order valence-electron chi connectivity index (χ4n) is 9.09. The summed E-state index contributed by atoms with van der Waals surface area (Å²) in [5.74, 6) is 0. The van der Waals surface area contributed by atoms with Crippen molar-refractivity contribution in [1.29, 1.82) is 0 Å². The van der Waals surface area contributed by atoms with Gasteiger partial charge in [-0.15, -0.1) is 0 Å². The van der Waals surface area contributed by atoms with E-state index in [4.69, 9.17) is 0 Å². The van der Waals surface area contributed by atoms with Crippen molar-refractivity contribution >= 4 is 81.7 Å². The van der Waals surface area contributed by atoms with E-state index in [0.717, 1.165) is 5.69 Å². The monoisotopic (exact) mass is 647 g/mol. The van der Waals surface area contributed by atoms with Crippen LogP contribution < -0.4 is 0 Å². The average molecular weight is 648 g/mol. The van der Waals surface area contributed by atoms with Crippen LogP contribution in [-0.2, 0) is 0 Å². The van der Waals surface area contributed by atoms with Crippen molar-refractivity contribution in [2.45, 2.75) is 0 Å². The molecule has 51 heavy (non-hydrogen) atoms. The smallest absolute Gasteiger partial charge is 0.0620 e. The van der Waals surface area contributed by atoms with E-state index in [0.29, 0.717) is 0 Å². The van der Waals surface area contributed by atoms with E-state index < -0.39 is 0 Å². The van der Waals surface area contributed by atoms with Gasteiger partial charge in [-0.25, -0.2) is 0 Å². The molecule has 0 bridgehead atoms. The molecule has 8 aromatic carbocycles. The van der Waals surface area contributed by atoms with E-state index in [1.54, 1.807) is 0 Å². The lowest BCUT2D eigenvalue weighted by molar-refractivity contribution is 1.17. The summed E-state index contributed by atoms with van der Waals surface area (Å²) in [4.78, 5) is 0. The third kappa shape index (κ3) is 3.52. The SMILES string of the molecule is c1ccc(-c2cccc(-n3c4ccccc4c4c5c6ccccc6n(-c6ccc7c(c6)c6cccc8c9ccccc9n7c86)c5ccc43)c2)cc1. The van der Waals surface area contributed by atoms with Crippen molar-refractivity contribution in [3.05, 3.63) is 176 Å². The third-order valence-electron chi connectivity index (χ3n) is 11.1. The van der Waals surface area contributed by atoms with Gasteiger partial charge in [-0.05, 0) is 71.8 Å². The highest BCUT2D eigenvalue weighted by Gasteiger charge is 2.22. The molecule has 0 radical (unpaired) electrons. The average Bonchev–Trinajstić information content (AvgIpc) is 3.92. The molecule has 0 aliphatic carbocycles. The number of fused-ring (bicyclic) bond motifs is 13. The van der Waals surface area contributed by atoms with Crippen molar-refractivity contribution < 1.29 is 0 Å². The number of benzene rings is 8. The number of aromatic nitrogens is 3. The lowest BCUT2D eigenvalue weighted by Crippen LogP contribution is -1.95. The van der Waals surface area contributed by atoms with Gasteiger partial charge in [-0.2, -0.15) is 0 Å². The molecule has 0 atom stereocenters. The van der Waals surface area contributed by atoms with Crippen molar-refractivity contribution in [2.24, 2.45) is 0 Å². The highest BCUT2D eigenvalue weighted by molar-refractivity contribution is 6.29. The van der Waals surface area contributed by atoms with Gasteiger partial charge in [0.15, 0.2) is 0 Å². The van der Waals surface area contributed by atoms with E-state index in [-0.39, 0.29) is 0 Å². The second kappa shape index (κ2) is 9.87. The predicted octanol–water partition coefficient (Wildman–Crippen LogP) is 12.7. The summed E-state index contributed by atoms with van der Waals surface area (Å²) in [6.45, 7) is 0. The fraction of sp³-hybridized carbons (Fsp3) is 0. The number of para-hydroxylation sites is 4. The van der Waals surface area contributed by atoms with E-state index in [1.165, 1.54) is 98.5 Å². The van der Waals surface area contributed by atoms with Crippen LogP contribution in [0.15, 0.2) is 176 Å². The molecule has 4 aromatic heterocycles. The second-order valence-corrected chi connectivity index (χ2v) is 13.7. The van der Waals surface area contributed by atoms with Gasteiger partial charge in [0, 0.05) is 54.5 Å². The molecule has 3 nitrogen and oxygen atoms in total. The Hall–Kier alpha value is -6.84. The van der Waals surface area contributed by atoms with E-state index in [1.807, 2.05) is 0 Å². The minimum absolute atomic E-state index is 1.16. The quantitative estimate of drug-likeness (QED) is 0.181. The molecule has 0 saturated heterocycles. The summed E-state index contributed by atoms with van der Waals surface area (Å²) in [7, 11) is 0. The van der Waals surface area contributed by atoms with Crippen molar-refractivity contribution in [3.63, 3.8) is 0 Å². The van der Waals surface area contributed by atoms with Crippen molar-refractivity contribution in [1.82, 2.24) is 13.5 Å². The van der Waals surface area contributed by atoms with Crippen LogP contribution in [0.2, 0.25) is 0 Å². The maximum atomic E-state index is 2.47. The first-order chi connectivity index (χ1) is 25.3. The molecule has 0 fully saturated rings. The van der Waals surface area contributed by atoms with Crippen LogP contribution in [0.1, 0.15) is 0 Å². The van der Waals surface area contributed by atoms with Gasteiger partial charge < -0.3 is 13.5 Å². The molecular weight excluding hydrogens is 619 g/mol. The Morgan fingerprint density at radius 1 is 0.275 bits per heavy atom. The highest BCUT2D eigenvalue weighted by atomic mass is 15.0. The van der Waals surface area contributed by atoms with E-state index in [9.17, 15) is 0 Å². The zero-order valence-corrected chi connectivity index (χ0v) is 27.6. The largest absolute Gasteiger partial charge is 0.309 e. The molecule has 0 spiro atoms. The Labute approximate surface area is 292 Å². The molecular formula is C48H29N3. The Morgan fingerprint density at radius 3 is 1.47 bits per heavy atom. The normalized spacial score (nSPS) is 12.3. The Morgan fingerprint density at radius 2 is 0.765 bits per heavy atom. The van der Waals surface area contributed by atoms with Crippen molar-refractivity contribution in [2.75, 3.05) is 0 Å². The summed E-state index contributed by atoms with van der Waals surface area (Å²) in [6, 6.07) is 64.6. The van der Waals surface area contributed by atoms with Crippen LogP contribution in [0.3, 0.4) is 0 Å². The summed E-state index contributed by atoms with van der Waals surface area (Å²) in [5.41, 5.74) is 13.4. The molecule has 0 amide bonds. The number of nitrogens with zero attached hydrogens (tertiary/aromatic N) is 3. The van der Waals surface area contributed by atoms with E-state index in [2.05, 4.69) is 189 Å². The van der Waals surface area contributed by atoms with Gasteiger partial charge in [0.05, 0.1) is 38.6 Å². The summed E-state index contributed by atoms with van der Waals surface area (Å²) >= 11 is 0. The first kappa shape index (κ1) is 27.0. The lowest BCUT2D eigenvalue weighted by Gasteiger charge is -2.11. The van der Waals surface area contributed by atoms with Gasteiger partial charge in [0.1, 0.15) is 0 Å². The lowest BCUT2D eigenvalue weighted by atomic mass is 10.0. The van der Waals surface area contributed by atoms with Crippen LogP contribution in [0.4, 0.5) is 0 Å². The first-order valence-electron chi connectivity index (χ1n) is 17.6. The molecule has 0 N–H and O–H groups in total. The molecule has 0 saturated carbocycles. The molecule has 4 heterocycles. The minimum Gasteiger partial charge on any atom is -0.309 e. The molecule has 12 aromatic rings. The van der Waals surface area contributed by atoms with Gasteiger partial charge in [0.25, 0.3) is 0 Å². The summed E-state index contributed by atoms with van der Waals surface area (Å²) in [5, 5.41) is 10.3. The third-order valence-corrected chi connectivity index (χ3v) is 11.1. The van der Waals surface area contributed by atoms with Crippen molar-refractivity contribution in [3.8, 4) is 22.5 Å². The zero-order chi connectivity index (χ0) is 33.2. The van der Waals surface area contributed by atoms with Crippen LogP contribution in [-0.4, -0.2) is 13.5 Å². The first-order valence-corrected chi connectivity index (χ1v) is 17.6. The van der Waals surface area contributed by atoms with Crippen LogP contribution in [0.25, 0.3) is 104 Å². The van der Waals surface area contributed by atoms with Crippen LogP contribution >= 0.6 is 0 Å². The Kier molecular flexibility index (Phi) is 5.23. The van der Waals surface area contributed by atoms with E-state index >= 15 is 0 Å². The maximum Gasteiger partial charge on any atom is 0.0620 e. The van der Waals surface area contributed by atoms with Crippen LogP contribution in [0, 0.1) is 0 Å². The predicted molar refractivity (Wildman–Crippen MR) is 215 cm³/mol. The molecule has 3 heteroatoms. The van der Waals surface area contributed by atoms with Crippen LogP contribution in [0.5, 0.6) is 0 Å². The fourth-order valence-corrected chi connectivity index (χ4v) is 9.09. The number of hydrogen-bond donors (Lipinski definition) is 0. The maximum absolute atomic E-state index is 2.47. The Bertz CT molecular complexity index is 3360. The standard InChI is InChI=1S/C48H29N3/c1-2-12-30(13-3-1)31-14-10-15-32(28-31)49-41-22-8-5-17-37(41)46-44(49)26-27-45-47(46)38-18-6-9-23-42(38)50(45)33-24-25-43-39(29-33)36-20-11-19-35-34-16-4-7-21-40(34)51(43)48(35)36/h1-29H. The zero-order valence-electron chi connectivity index (χ0n) is 27.6. The summed E-state index contributed by atoms with van der Waals surface area (Å²) in [6.07, 6.45) is 0. The Balaban J connectivity index is 1.16. The molecule has 0 aliphatic rings. The van der Waals surface area contributed by atoms with Gasteiger partial charge >= 0.3 is 0 Å². The van der Waals surface area contributed by atoms with Gasteiger partial charge in [-0.3, -0.25) is 0 Å². The van der Waals surface area contributed by atoms with Gasteiger partial charge in [0.2, 0.25) is 0 Å². The van der Waals surface area contributed by atoms with Gasteiger partial charge in [-0.1, -0.05) is 115 Å². The summed E-state index contributed by atoms with van der Waals surface area (Å²) < 4.78 is 7.37. The number of rotatable bonds is 3. The minimum atomic E-state index is 1.16. The molecule has 12 rings (SSSR count). The second-order valence-electron chi connectivity index (χ2n) is 13.7. The molecule has 0 unspecified atom stereocenters. The highest BCUT2D eigenvalue weighted by Crippen LogP contribution is 2.44.